The van der Waals surface area contributed by atoms with E-state index in [1.807, 2.05) is 11.8 Å². The Morgan fingerprint density at radius 3 is 1.73 bits per heavy atom. The summed E-state index contributed by atoms with van der Waals surface area (Å²) in [5, 5.41) is 0.373. The molecule has 2 unspecified atom stereocenters. The van der Waals surface area contributed by atoms with Crippen LogP contribution in [-0.4, -0.2) is 18.3 Å². The first-order chi connectivity index (χ1) is 14.7. The van der Waals surface area contributed by atoms with E-state index < -0.39 is 0 Å². The smallest absolute Gasteiger partial charge is 0.246 e. The highest BCUT2D eigenvalue weighted by Gasteiger charge is 2.42. The Morgan fingerprint density at radius 2 is 1.30 bits per heavy atom. The zero-order chi connectivity index (χ0) is 20.8. The molecule has 30 heavy (non-hydrogen) atoms. The highest BCUT2D eigenvalue weighted by Crippen LogP contribution is 2.53. The maximum atomic E-state index is 12.3. The van der Waals surface area contributed by atoms with Gasteiger partial charge in [-0.1, -0.05) is 91.0 Å². The van der Waals surface area contributed by atoms with E-state index in [1.54, 1.807) is 0 Å². The first kappa shape index (κ1) is 20.7. The average Bonchev–Trinajstić information content (AvgIpc) is 3.28. The molecule has 1 saturated carbocycles. The van der Waals surface area contributed by atoms with Crippen molar-refractivity contribution in [3.8, 4) is 0 Å². The van der Waals surface area contributed by atoms with Crippen LogP contribution in [0.5, 0.6) is 0 Å². The topological polar surface area (TPSA) is 38.3 Å². The minimum absolute atomic E-state index is 0.00229. The summed E-state index contributed by atoms with van der Waals surface area (Å²) in [4.78, 5) is 17.2. The van der Waals surface area contributed by atoms with Crippen molar-refractivity contribution in [2.75, 3.05) is 7.11 Å². The number of amides is 1. The molecule has 3 aromatic carbocycles. The standard InChI is InChI=1S/C26H27NO2S/c1-29-27-25(28)20-17-18-24(19-20)30-26(21-11-5-2-6-12-21,22-13-7-3-8-14-22)23-15-9-4-10-16-23/h2-16,20,24H,17-19H2,1H3,(H,27,28). The summed E-state index contributed by atoms with van der Waals surface area (Å²) >= 11 is 1.98. The van der Waals surface area contributed by atoms with Crippen LogP contribution in [0.1, 0.15) is 36.0 Å². The monoisotopic (exact) mass is 417 g/mol. The molecule has 1 aliphatic carbocycles. The predicted molar refractivity (Wildman–Crippen MR) is 123 cm³/mol. The molecule has 3 aromatic rings. The maximum absolute atomic E-state index is 12.3. The molecule has 0 heterocycles. The van der Waals surface area contributed by atoms with E-state index in [0.29, 0.717) is 5.25 Å². The van der Waals surface area contributed by atoms with Gasteiger partial charge >= 0.3 is 0 Å². The fourth-order valence-electron chi connectivity index (χ4n) is 4.44. The summed E-state index contributed by atoms with van der Waals surface area (Å²) in [5.74, 6) is -0.00666. The van der Waals surface area contributed by atoms with Crippen molar-refractivity contribution in [3.05, 3.63) is 108 Å². The number of rotatable bonds is 7. The first-order valence-electron chi connectivity index (χ1n) is 10.4. The van der Waals surface area contributed by atoms with Crippen LogP contribution in [0.15, 0.2) is 91.0 Å². The maximum Gasteiger partial charge on any atom is 0.246 e. The number of benzene rings is 3. The number of hydroxylamine groups is 1. The van der Waals surface area contributed by atoms with Crippen LogP contribution in [-0.2, 0) is 14.4 Å². The number of carbonyl (C=O) groups is 1. The van der Waals surface area contributed by atoms with Crippen molar-refractivity contribution in [2.24, 2.45) is 5.92 Å². The minimum atomic E-state index is -0.332. The summed E-state index contributed by atoms with van der Waals surface area (Å²) in [6, 6.07) is 32.2. The zero-order valence-corrected chi connectivity index (χ0v) is 18.0. The first-order valence-corrected chi connectivity index (χ1v) is 11.3. The lowest BCUT2D eigenvalue weighted by molar-refractivity contribution is -0.135. The fraction of sp³-hybridized carbons (Fsp3) is 0.269. The molecule has 0 radical (unpaired) electrons. The number of carbonyl (C=O) groups excluding carboxylic acids is 1. The van der Waals surface area contributed by atoms with Crippen LogP contribution >= 0.6 is 11.8 Å². The van der Waals surface area contributed by atoms with Crippen LogP contribution in [0.2, 0.25) is 0 Å². The van der Waals surface area contributed by atoms with Gasteiger partial charge in [-0.2, -0.15) is 0 Å². The van der Waals surface area contributed by atoms with Gasteiger partial charge in [0.2, 0.25) is 5.91 Å². The van der Waals surface area contributed by atoms with Gasteiger partial charge in [0.15, 0.2) is 0 Å². The highest BCUT2D eigenvalue weighted by molar-refractivity contribution is 8.01. The molecule has 0 bridgehead atoms. The van der Waals surface area contributed by atoms with Crippen LogP contribution in [0.3, 0.4) is 0 Å². The van der Waals surface area contributed by atoms with Gasteiger partial charge in [-0.3, -0.25) is 9.63 Å². The van der Waals surface area contributed by atoms with Gasteiger partial charge in [-0.25, -0.2) is 5.48 Å². The molecule has 1 fully saturated rings. The number of hydrogen-bond donors (Lipinski definition) is 1. The Morgan fingerprint density at radius 1 is 0.833 bits per heavy atom. The van der Waals surface area contributed by atoms with E-state index >= 15 is 0 Å². The Hall–Kier alpha value is -2.56. The van der Waals surface area contributed by atoms with Gasteiger partial charge in [-0.05, 0) is 36.0 Å². The van der Waals surface area contributed by atoms with Crippen LogP contribution in [0, 0.1) is 5.92 Å². The van der Waals surface area contributed by atoms with Crippen molar-refractivity contribution in [2.45, 2.75) is 29.3 Å². The highest BCUT2D eigenvalue weighted by atomic mass is 32.2. The predicted octanol–water partition coefficient (Wildman–Crippen LogP) is 5.56. The van der Waals surface area contributed by atoms with Crippen molar-refractivity contribution in [3.63, 3.8) is 0 Å². The lowest BCUT2D eigenvalue weighted by Crippen LogP contribution is -2.30. The van der Waals surface area contributed by atoms with Crippen molar-refractivity contribution < 1.29 is 9.63 Å². The Bertz CT molecular complexity index is 850. The van der Waals surface area contributed by atoms with E-state index in [2.05, 4.69) is 96.5 Å². The summed E-state index contributed by atoms with van der Waals surface area (Å²) in [6.45, 7) is 0. The van der Waals surface area contributed by atoms with E-state index in [4.69, 9.17) is 4.84 Å². The zero-order valence-electron chi connectivity index (χ0n) is 17.2. The molecule has 0 spiro atoms. The number of hydrogen-bond acceptors (Lipinski definition) is 3. The summed E-state index contributed by atoms with van der Waals surface area (Å²) in [7, 11) is 1.49. The second-order valence-corrected chi connectivity index (χ2v) is 9.21. The minimum Gasteiger partial charge on any atom is -0.277 e. The molecule has 0 aliphatic heterocycles. The molecule has 1 aliphatic rings. The SMILES string of the molecule is CONC(=O)C1CCC(SC(c2ccccc2)(c2ccccc2)c2ccccc2)C1. The van der Waals surface area contributed by atoms with Gasteiger partial charge in [0.1, 0.15) is 0 Å². The second-order valence-electron chi connectivity index (χ2n) is 7.70. The lowest BCUT2D eigenvalue weighted by Gasteiger charge is -2.37. The van der Waals surface area contributed by atoms with Gasteiger partial charge in [0.25, 0.3) is 0 Å². The average molecular weight is 418 g/mol. The molecule has 2 atom stereocenters. The third-order valence-corrected chi connectivity index (χ3v) is 7.66. The Kier molecular flexibility index (Phi) is 6.56. The van der Waals surface area contributed by atoms with E-state index in [9.17, 15) is 4.79 Å². The summed E-state index contributed by atoms with van der Waals surface area (Å²) in [5.41, 5.74) is 6.30. The molecule has 1 amide bonds. The van der Waals surface area contributed by atoms with E-state index in [-0.39, 0.29) is 16.6 Å². The molecule has 0 saturated heterocycles. The van der Waals surface area contributed by atoms with Crippen LogP contribution < -0.4 is 5.48 Å². The Labute approximate surface area is 182 Å². The van der Waals surface area contributed by atoms with Crippen molar-refractivity contribution in [1.29, 1.82) is 0 Å². The van der Waals surface area contributed by atoms with Crippen molar-refractivity contribution >= 4 is 17.7 Å². The number of nitrogens with one attached hydrogen (secondary N) is 1. The van der Waals surface area contributed by atoms with Gasteiger partial charge in [-0.15, -0.1) is 11.8 Å². The molecule has 154 valence electrons. The van der Waals surface area contributed by atoms with Crippen LogP contribution in [0.4, 0.5) is 0 Å². The van der Waals surface area contributed by atoms with Gasteiger partial charge in [0.05, 0.1) is 11.9 Å². The second kappa shape index (κ2) is 9.50. The van der Waals surface area contributed by atoms with Gasteiger partial charge in [0, 0.05) is 11.2 Å². The molecule has 1 N–H and O–H groups in total. The van der Waals surface area contributed by atoms with Crippen LogP contribution in [0.25, 0.3) is 0 Å². The van der Waals surface area contributed by atoms with E-state index in [0.717, 1.165) is 19.3 Å². The molecular weight excluding hydrogens is 390 g/mol. The third kappa shape index (κ3) is 4.16. The fourth-order valence-corrected chi connectivity index (χ4v) is 6.34. The molecule has 3 nitrogen and oxygen atoms in total. The normalized spacial score (nSPS) is 18.8. The molecule has 4 heteroatoms. The molecule has 4 rings (SSSR count). The molecule has 0 aromatic heterocycles. The third-order valence-electron chi connectivity index (χ3n) is 5.84. The Balaban J connectivity index is 1.77. The quantitative estimate of drug-likeness (QED) is 0.404. The number of thioether (sulfide) groups is 1. The van der Waals surface area contributed by atoms with Gasteiger partial charge < -0.3 is 0 Å². The van der Waals surface area contributed by atoms with E-state index in [1.165, 1.54) is 23.8 Å². The summed E-state index contributed by atoms with van der Waals surface area (Å²) in [6.07, 6.45) is 2.76. The molecular formula is C26H27NO2S. The van der Waals surface area contributed by atoms with Crippen molar-refractivity contribution in [1.82, 2.24) is 5.48 Å². The largest absolute Gasteiger partial charge is 0.277 e. The lowest BCUT2D eigenvalue weighted by atomic mass is 9.84. The summed E-state index contributed by atoms with van der Waals surface area (Å²) < 4.78 is -0.332.